The van der Waals surface area contributed by atoms with E-state index in [4.69, 9.17) is 18.9 Å². The topological polar surface area (TPSA) is 83.5 Å². The summed E-state index contributed by atoms with van der Waals surface area (Å²) in [5, 5.41) is 11.4. The minimum Gasteiger partial charge on any atom is -0.461 e. The van der Waals surface area contributed by atoms with Crippen molar-refractivity contribution in [3.8, 4) is 0 Å². The third-order valence-electron chi connectivity index (χ3n) is 6.31. The number of ether oxygens (including phenoxy) is 5. The molecule has 1 aliphatic rings. The lowest BCUT2D eigenvalue weighted by molar-refractivity contribution is -0.334. The van der Waals surface area contributed by atoms with E-state index in [0.29, 0.717) is 5.56 Å². The van der Waals surface area contributed by atoms with Gasteiger partial charge in [-0.2, -0.15) is 8.78 Å². The number of hydrogen-bond donors (Lipinski definition) is 1. The molecule has 1 N–H and O–H groups in total. The molecule has 0 aromatic heterocycles. The van der Waals surface area contributed by atoms with Crippen LogP contribution in [-0.2, 0) is 48.3 Å². The van der Waals surface area contributed by atoms with Crippen LogP contribution in [0.1, 0.15) is 23.6 Å². The maximum atomic E-state index is 15.5. The Morgan fingerprint density at radius 2 is 1.33 bits per heavy atom. The number of benzene rings is 3. The van der Waals surface area contributed by atoms with Crippen LogP contribution in [0.4, 0.5) is 8.78 Å². The van der Waals surface area contributed by atoms with Crippen LogP contribution in [0.25, 0.3) is 0 Å². The van der Waals surface area contributed by atoms with Gasteiger partial charge >= 0.3 is 11.9 Å². The molecule has 1 saturated heterocycles. The molecule has 9 heteroatoms. The van der Waals surface area contributed by atoms with Crippen LogP contribution < -0.4 is 0 Å². The molecule has 0 saturated carbocycles. The summed E-state index contributed by atoms with van der Waals surface area (Å²) in [6.07, 6.45) is -4.16. The number of alkyl halides is 2. The molecule has 1 fully saturated rings. The maximum absolute atomic E-state index is 15.5. The standard InChI is InChI=1S/C30H32F2O7/c1-2-36-28(33)29(31,32)30(34)27(38-20-24-16-10-5-11-17-24)26(37-19-23-14-8-4-9-15-23)25(39-30)21-35-18-22-12-6-3-7-13-22/h3-17,25-27,34H,2,18-21H2,1H3/t25-,26-,27+,30?/m1/s1. The second-order valence-corrected chi connectivity index (χ2v) is 9.13. The SMILES string of the molecule is CCOC(=O)C(F)(F)C1(O)O[C@H](COCc2ccccc2)[C@@H](OCc2ccccc2)[C@@H]1OCc1ccccc1. The van der Waals surface area contributed by atoms with Crippen LogP contribution in [0.3, 0.4) is 0 Å². The lowest BCUT2D eigenvalue weighted by Crippen LogP contribution is -2.61. The summed E-state index contributed by atoms with van der Waals surface area (Å²) in [5.41, 5.74) is 2.31. The highest BCUT2D eigenvalue weighted by Gasteiger charge is 2.72. The van der Waals surface area contributed by atoms with Crippen molar-refractivity contribution in [1.82, 2.24) is 0 Å². The molecule has 7 nitrogen and oxygen atoms in total. The van der Waals surface area contributed by atoms with E-state index in [1.165, 1.54) is 6.92 Å². The number of aliphatic hydroxyl groups is 1. The summed E-state index contributed by atoms with van der Waals surface area (Å²) >= 11 is 0. The normalized spacial score (nSPS) is 23.0. The van der Waals surface area contributed by atoms with E-state index in [0.717, 1.165) is 11.1 Å². The van der Waals surface area contributed by atoms with E-state index in [2.05, 4.69) is 4.74 Å². The van der Waals surface area contributed by atoms with Gasteiger partial charge in [-0.1, -0.05) is 91.0 Å². The van der Waals surface area contributed by atoms with E-state index < -0.39 is 36.0 Å². The first-order valence-electron chi connectivity index (χ1n) is 12.7. The second kappa shape index (κ2) is 13.2. The van der Waals surface area contributed by atoms with Gasteiger partial charge in [0.05, 0.1) is 33.0 Å². The summed E-state index contributed by atoms with van der Waals surface area (Å²) in [6.45, 7) is 0.935. The summed E-state index contributed by atoms with van der Waals surface area (Å²) in [6, 6.07) is 27.2. The van der Waals surface area contributed by atoms with Crippen molar-refractivity contribution in [2.75, 3.05) is 13.2 Å². The Bertz CT molecular complexity index is 1160. The van der Waals surface area contributed by atoms with Crippen LogP contribution >= 0.6 is 0 Å². The van der Waals surface area contributed by atoms with Gasteiger partial charge in [0, 0.05) is 0 Å². The zero-order chi connectivity index (χ0) is 27.7. The Labute approximate surface area is 226 Å². The number of esters is 1. The first-order valence-corrected chi connectivity index (χ1v) is 12.7. The fraction of sp³-hybridized carbons (Fsp3) is 0.367. The van der Waals surface area contributed by atoms with Crippen molar-refractivity contribution in [2.45, 2.75) is 56.8 Å². The Morgan fingerprint density at radius 3 is 1.85 bits per heavy atom. The van der Waals surface area contributed by atoms with E-state index >= 15 is 8.78 Å². The molecule has 39 heavy (non-hydrogen) atoms. The molecule has 0 radical (unpaired) electrons. The van der Waals surface area contributed by atoms with Gasteiger partial charge in [0.25, 0.3) is 5.79 Å². The van der Waals surface area contributed by atoms with Gasteiger partial charge in [-0.25, -0.2) is 4.79 Å². The lowest BCUT2D eigenvalue weighted by Gasteiger charge is -2.34. The zero-order valence-corrected chi connectivity index (χ0v) is 21.6. The molecule has 1 aliphatic heterocycles. The number of hydrogen-bond acceptors (Lipinski definition) is 7. The molecule has 0 aliphatic carbocycles. The Balaban J connectivity index is 1.62. The minimum absolute atomic E-state index is 0.0241. The highest BCUT2D eigenvalue weighted by Crippen LogP contribution is 2.45. The maximum Gasteiger partial charge on any atom is 0.397 e. The summed E-state index contributed by atoms with van der Waals surface area (Å²) in [4.78, 5) is 12.3. The van der Waals surface area contributed by atoms with Crippen molar-refractivity contribution in [1.29, 1.82) is 0 Å². The summed E-state index contributed by atoms with van der Waals surface area (Å²) in [7, 11) is 0. The lowest BCUT2D eigenvalue weighted by atomic mass is 9.98. The quantitative estimate of drug-likeness (QED) is 0.315. The molecular formula is C30H32F2O7. The van der Waals surface area contributed by atoms with Gasteiger partial charge in [0.15, 0.2) is 0 Å². The molecule has 3 aromatic carbocycles. The molecule has 0 spiro atoms. The van der Waals surface area contributed by atoms with Gasteiger partial charge in [-0.05, 0) is 23.6 Å². The zero-order valence-electron chi connectivity index (χ0n) is 21.6. The van der Waals surface area contributed by atoms with Gasteiger partial charge in [0.1, 0.15) is 18.3 Å². The Hall–Kier alpha value is -3.21. The minimum atomic E-state index is -4.47. The Kier molecular flexibility index (Phi) is 9.77. The van der Waals surface area contributed by atoms with Crippen LogP contribution in [-0.4, -0.2) is 54.3 Å². The molecule has 208 valence electrons. The predicted octanol–water partition coefficient (Wildman–Crippen LogP) is 4.66. The van der Waals surface area contributed by atoms with Gasteiger partial charge in [-0.3, -0.25) is 0 Å². The largest absolute Gasteiger partial charge is 0.461 e. The molecule has 3 aromatic rings. The second-order valence-electron chi connectivity index (χ2n) is 9.13. The van der Waals surface area contributed by atoms with E-state index in [-0.39, 0.29) is 33.0 Å². The monoisotopic (exact) mass is 542 g/mol. The first kappa shape index (κ1) is 28.8. The van der Waals surface area contributed by atoms with Gasteiger partial charge in [-0.15, -0.1) is 0 Å². The molecule has 4 atom stereocenters. The average molecular weight is 543 g/mol. The molecule has 0 bridgehead atoms. The fourth-order valence-electron chi connectivity index (χ4n) is 4.33. The van der Waals surface area contributed by atoms with Gasteiger partial charge < -0.3 is 28.8 Å². The summed E-state index contributed by atoms with van der Waals surface area (Å²) < 4.78 is 58.9. The van der Waals surface area contributed by atoms with Crippen LogP contribution in [0, 0.1) is 0 Å². The highest BCUT2D eigenvalue weighted by atomic mass is 19.3. The number of carbonyl (C=O) groups is 1. The third kappa shape index (κ3) is 6.87. The van der Waals surface area contributed by atoms with E-state index in [1.54, 1.807) is 30.3 Å². The van der Waals surface area contributed by atoms with Crippen LogP contribution in [0.5, 0.6) is 0 Å². The predicted molar refractivity (Wildman–Crippen MR) is 138 cm³/mol. The Morgan fingerprint density at radius 1 is 0.846 bits per heavy atom. The van der Waals surface area contributed by atoms with Crippen molar-refractivity contribution in [2.24, 2.45) is 0 Å². The molecule has 0 amide bonds. The summed E-state index contributed by atoms with van der Waals surface area (Å²) in [5.74, 6) is -9.77. The number of carbonyl (C=O) groups excluding carboxylic acids is 1. The number of halogens is 2. The molecular weight excluding hydrogens is 510 g/mol. The van der Waals surface area contributed by atoms with Crippen LogP contribution in [0.2, 0.25) is 0 Å². The molecule has 1 heterocycles. The smallest absolute Gasteiger partial charge is 0.397 e. The van der Waals surface area contributed by atoms with Crippen molar-refractivity contribution >= 4 is 5.97 Å². The average Bonchev–Trinajstić information content (AvgIpc) is 3.24. The fourth-order valence-corrected chi connectivity index (χ4v) is 4.33. The van der Waals surface area contributed by atoms with Crippen LogP contribution in [0.15, 0.2) is 91.0 Å². The van der Waals surface area contributed by atoms with Crippen molar-refractivity contribution in [3.05, 3.63) is 108 Å². The number of rotatable bonds is 13. The van der Waals surface area contributed by atoms with Crippen molar-refractivity contribution < 1.29 is 42.4 Å². The first-order chi connectivity index (χ1) is 18.8. The molecule has 1 unspecified atom stereocenters. The van der Waals surface area contributed by atoms with Gasteiger partial charge in [0.2, 0.25) is 0 Å². The van der Waals surface area contributed by atoms with Crippen molar-refractivity contribution in [3.63, 3.8) is 0 Å². The highest BCUT2D eigenvalue weighted by molar-refractivity contribution is 5.79. The third-order valence-corrected chi connectivity index (χ3v) is 6.31. The molecule has 4 rings (SSSR count). The van der Waals surface area contributed by atoms with E-state index in [1.807, 2.05) is 60.7 Å². The van der Waals surface area contributed by atoms with E-state index in [9.17, 15) is 9.90 Å².